The lowest BCUT2D eigenvalue weighted by Crippen LogP contribution is -2.57. The number of carbonyl (C=O) groups is 1. The molecule has 0 saturated carbocycles. The maximum Gasteiger partial charge on any atom is 0.417 e. The Morgan fingerprint density at radius 3 is 2.44 bits per heavy atom. The second kappa shape index (κ2) is 7.16. The van der Waals surface area contributed by atoms with Gasteiger partial charge in [0.25, 0.3) is 5.91 Å². The summed E-state index contributed by atoms with van der Waals surface area (Å²) in [6.45, 7) is 3.13. The van der Waals surface area contributed by atoms with Gasteiger partial charge in [-0.1, -0.05) is 0 Å². The van der Waals surface area contributed by atoms with Gasteiger partial charge in [-0.2, -0.15) is 13.2 Å². The predicted octanol–water partition coefficient (Wildman–Crippen LogP) is 4.38. The summed E-state index contributed by atoms with van der Waals surface area (Å²) < 4.78 is 43.4. The number of benzene rings is 1. The number of amides is 1. The van der Waals surface area contributed by atoms with Gasteiger partial charge < -0.3 is 15.0 Å². The van der Waals surface area contributed by atoms with E-state index in [2.05, 4.69) is 10.2 Å². The number of thiophene rings is 1. The second-order valence-corrected chi connectivity index (χ2v) is 7.87. The van der Waals surface area contributed by atoms with Crippen LogP contribution >= 0.6 is 11.3 Å². The topological polar surface area (TPSA) is 41.6 Å². The first-order valence-corrected chi connectivity index (χ1v) is 9.73. The van der Waals surface area contributed by atoms with Crippen LogP contribution in [0.15, 0.2) is 35.7 Å². The van der Waals surface area contributed by atoms with E-state index in [4.69, 9.17) is 4.74 Å². The normalized spacial score (nSPS) is 24.6. The van der Waals surface area contributed by atoms with E-state index in [1.54, 1.807) is 24.3 Å². The van der Waals surface area contributed by atoms with Crippen LogP contribution in [0.5, 0.6) is 10.8 Å². The van der Waals surface area contributed by atoms with Gasteiger partial charge in [-0.05, 0) is 56.1 Å². The van der Waals surface area contributed by atoms with Crippen LogP contribution in [-0.2, 0) is 6.18 Å². The van der Waals surface area contributed by atoms with Crippen LogP contribution in [0.1, 0.15) is 28.8 Å². The highest BCUT2D eigenvalue weighted by Gasteiger charge is 2.35. The third kappa shape index (κ3) is 4.11. The van der Waals surface area contributed by atoms with Crippen molar-refractivity contribution in [2.24, 2.45) is 5.92 Å². The van der Waals surface area contributed by atoms with Gasteiger partial charge in [-0.25, -0.2) is 0 Å². The number of rotatable bonds is 4. The standard InChI is InChI=1S/C19H19F3N2O2S/c20-19(21,22)14-9-17(27-11-14)26-15-3-1-13(2-4-15)18(25)23-16-10-24-7-5-12(16)6-8-24/h1-4,9,11-12,16H,5-8,10H2,(H,23,25)/t16-/m0/s1. The molecule has 3 aliphatic rings. The zero-order chi connectivity index (χ0) is 19.0. The largest absolute Gasteiger partial charge is 0.447 e. The van der Waals surface area contributed by atoms with Gasteiger partial charge in [0.05, 0.1) is 5.56 Å². The molecule has 5 rings (SSSR count). The van der Waals surface area contributed by atoms with Gasteiger partial charge >= 0.3 is 6.18 Å². The zero-order valence-corrected chi connectivity index (χ0v) is 15.3. The number of hydrogen-bond acceptors (Lipinski definition) is 4. The van der Waals surface area contributed by atoms with Crippen LogP contribution in [0, 0.1) is 5.92 Å². The minimum absolute atomic E-state index is 0.129. The molecular weight excluding hydrogens is 377 g/mol. The molecule has 0 unspecified atom stereocenters. The molecule has 2 aromatic rings. The number of alkyl halides is 3. The van der Waals surface area contributed by atoms with Gasteiger partial charge in [0.1, 0.15) is 5.75 Å². The molecule has 0 spiro atoms. The van der Waals surface area contributed by atoms with E-state index in [0.717, 1.165) is 55.3 Å². The predicted molar refractivity (Wildman–Crippen MR) is 96.3 cm³/mol. The number of hydrogen-bond donors (Lipinski definition) is 1. The average Bonchev–Trinajstić information content (AvgIpc) is 3.12. The van der Waals surface area contributed by atoms with Crippen molar-refractivity contribution in [1.29, 1.82) is 0 Å². The number of carbonyl (C=O) groups excluding carboxylic acids is 1. The second-order valence-electron chi connectivity index (χ2n) is 7.00. The number of piperidine rings is 3. The van der Waals surface area contributed by atoms with Crippen LogP contribution in [0.3, 0.4) is 0 Å². The molecule has 2 bridgehead atoms. The fraction of sp³-hybridized carbons (Fsp3) is 0.421. The Morgan fingerprint density at radius 1 is 1.19 bits per heavy atom. The van der Waals surface area contributed by atoms with E-state index < -0.39 is 11.7 Å². The Bertz CT molecular complexity index is 811. The number of nitrogens with zero attached hydrogens (tertiary/aromatic N) is 1. The smallest absolute Gasteiger partial charge is 0.417 e. The van der Waals surface area contributed by atoms with Gasteiger partial charge in [0.2, 0.25) is 0 Å². The summed E-state index contributed by atoms with van der Waals surface area (Å²) >= 11 is 0.886. The summed E-state index contributed by atoms with van der Waals surface area (Å²) in [6, 6.07) is 7.60. The number of fused-ring (bicyclic) bond motifs is 3. The summed E-state index contributed by atoms with van der Waals surface area (Å²) in [7, 11) is 0. The maximum atomic E-state index is 12.6. The summed E-state index contributed by atoms with van der Waals surface area (Å²) in [5.41, 5.74) is -0.211. The van der Waals surface area contributed by atoms with Crippen molar-refractivity contribution in [2.75, 3.05) is 19.6 Å². The number of nitrogens with one attached hydrogen (secondary N) is 1. The van der Waals surface area contributed by atoms with E-state index in [0.29, 0.717) is 17.2 Å². The Morgan fingerprint density at radius 2 is 1.89 bits per heavy atom. The Kier molecular flexibility index (Phi) is 4.86. The van der Waals surface area contributed by atoms with Crippen molar-refractivity contribution in [3.63, 3.8) is 0 Å². The maximum absolute atomic E-state index is 12.6. The molecule has 0 radical (unpaired) electrons. The van der Waals surface area contributed by atoms with Crippen LogP contribution in [0.25, 0.3) is 0 Å². The molecule has 1 N–H and O–H groups in total. The molecule has 4 heterocycles. The Labute approximate surface area is 158 Å². The van der Waals surface area contributed by atoms with E-state index in [1.165, 1.54) is 0 Å². The average molecular weight is 396 g/mol. The fourth-order valence-electron chi connectivity index (χ4n) is 3.69. The monoisotopic (exact) mass is 396 g/mol. The van der Waals surface area contributed by atoms with E-state index in [9.17, 15) is 18.0 Å². The molecule has 27 heavy (non-hydrogen) atoms. The lowest BCUT2D eigenvalue weighted by molar-refractivity contribution is -0.137. The Balaban J connectivity index is 1.37. The third-order valence-corrected chi connectivity index (χ3v) is 6.02. The first-order chi connectivity index (χ1) is 12.9. The quantitative estimate of drug-likeness (QED) is 0.834. The van der Waals surface area contributed by atoms with Gasteiger partial charge in [-0.3, -0.25) is 4.79 Å². The molecule has 0 aliphatic carbocycles. The van der Waals surface area contributed by atoms with E-state index in [-0.39, 0.29) is 17.0 Å². The SMILES string of the molecule is O=C(N[C@H]1CN2CCC1CC2)c1ccc(Oc2cc(C(F)(F)F)cs2)cc1. The van der Waals surface area contributed by atoms with Crippen LogP contribution in [-0.4, -0.2) is 36.5 Å². The zero-order valence-electron chi connectivity index (χ0n) is 14.5. The van der Waals surface area contributed by atoms with Crippen LogP contribution < -0.4 is 10.1 Å². The van der Waals surface area contributed by atoms with Crippen molar-refractivity contribution >= 4 is 17.2 Å². The number of ether oxygens (including phenoxy) is 1. The first kappa shape index (κ1) is 18.3. The molecule has 8 heteroatoms. The van der Waals surface area contributed by atoms with Crippen LogP contribution in [0.4, 0.5) is 13.2 Å². The molecule has 1 aromatic carbocycles. The molecule has 3 fully saturated rings. The molecule has 1 aromatic heterocycles. The highest BCUT2D eigenvalue weighted by atomic mass is 32.1. The highest BCUT2D eigenvalue weighted by molar-refractivity contribution is 7.12. The fourth-order valence-corrected chi connectivity index (χ4v) is 4.47. The first-order valence-electron chi connectivity index (χ1n) is 8.85. The molecule has 1 atom stereocenters. The molecule has 3 aliphatic heterocycles. The van der Waals surface area contributed by atoms with Gasteiger partial charge in [0.15, 0.2) is 5.06 Å². The summed E-state index contributed by atoms with van der Waals surface area (Å²) in [5, 5.41) is 4.29. The number of halogens is 3. The Hall–Kier alpha value is -2.06. The molecular formula is C19H19F3N2O2S. The summed E-state index contributed by atoms with van der Waals surface area (Å²) in [5.74, 6) is 0.809. The third-order valence-electron chi connectivity index (χ3n) is 5.21. The molecule has 3 saturated heterocycles. The van der Waals surface area contributed by atoms with Crippen molar-refractivity contribution in [3.05, 3.63) is 46.8 Å². The molecule has 4 nitrogen and oxygen atoms in total. The highest BCUT2D eigenvalue weighted by Crippen LogP contribution is 2.37. The summed E-state index contributed by atoms with van der Waals surface area (Å²) in [6.07, 6.45) is -2.13. The minimum atomic E-state index is -4.38. The minimum Gasteiger partial charge on any atom is -0.447 e. The molecule has 144 valence electrons. The van der Waals surface area contributed by atoms with Gasteiger partial charge in [-0.15, -0.1) is 11.3 Å². The van der Waals surface area contributed by atoms with Crippen molar-refractivity contribution in [2.45, 2.75) is 25.1 Å². The lowest BCUT2D eigenvalue weighted by Gasteiger charge is -2.44. The van der Waals surface area contributed by atoms with Crippen molar-refractivity contribution < 1.29 is 22.7 Å². The van der Waals surface area contributed by atoms with Crippen LogP contribution in [0.2, 0.25) is 0 Å². The lowest BCUT2D eigenvalue weighted by atomic mass is 9.84. The van der Waals surface area contributed by atoms with E-state index >= 15 is 0 Å². The van der Waals surface area contributed by atoms with Gasteiger partial charge in [0, 0.05) is 29.6 Å². The van der Waals surface area contributed by atoms with Crippen molar-refractivity contribution in [1.82, 2.24) is 10.2 Å². The summed E-state index contributed by atoms with van der Waals surface area (Å²) in [4.78, 5) is 14.9. The van der Waals surface area contributed by atoms with Crippen molar-refractivity contribution in [3.8, 4) is 10.8 Å². The van der Waals surface area contributed by atoms with E-state index in [1.807, 2.05) is 0 Å². The molecule has 1 amide bonds.